The Hall–Kier alpha value is -6.58. The van der Waals surface area contributed by atoms with Crippen LogP contribution in [0.1, 0.15) is 0 Å². The van der Waals surface area contributed by atoms with Gasteiger partial charge in [0.1, 0.15) is 11.2 Å². The van der Waals surface area contributed by atoms with E-state index in [1.807, 2.05) is 0 Å². The number of para-hydroxylation sites is 2. The summed E-state index contributed by atoms with van der Waals surface area (Å²) in [5.41, 5.74) is 12.1. The van der Waals surface area contributed by atoms with E-state index in [1.165, 1.54) is 54.8 Å². The Morgan fingerprint density at radius 3 is 1.78 bits per heavy atom. The van der Waals surface area contributed by atoms with Gasteiger partial charge in [-0.25, -0.2) is 0 Å². The highest BCUT2D eigenvalue weighted by Gasteiger charge is 2.16. The van der Waals surface area contributed by atoms with Crippen LogP contribution in [0, 0.1) is 0 Å². The fraction of sp³-hybridized carbons (Fsp3) is 0. The molecule has 10 aromatic rings. The number of aromatic nitrogens is 1. The molecule has 0 aliphatic rings. The molecule has 0 amide bonds. The molecule has 0 atom stereocenters. The summed E-state index contributed by atoms with van der Waals surface area (Å²) in [6, 6.07) is 62.5. The molecule has 0 aliphatic heterocycles. The van der Waals surface area contributed by atoms with Gasteiger partial charge in [0.05, 0.1) is 22.1 Å². The smallest absolute Gasteiger partial charge is 0.137 e. The van der Waals surface area contributed by atoms with Crippen molar-refractivity contribution in [2.45, 2.75) is 0 Å². The van der Waals surface area contributed by atoms with Crippen LogP contribution < -0.4 is 5.32 Å². The van der Waals surface area contributed by atoms with Crippen molar-refractivity contribution >= 4 is 65.9 Å². The Morgan fingerprint density at radius 2 is 1.06 bits per heavy atom. The van der Waals surface area contributed by atoms with Crippen molar-refractivity contribution in [1.82, 2.24) is 4.57 Å². The normalized spacial score (nSPS) is 11.7. The van der Waals surface area contributed by atoms with Crippen LogP contribution in [0.15, 0.2) is 180 Å². The first-order valence-corrected chi connectivity index (χ1v) is 16.7. The van der Waals surface area contributed by atoms with Gasteiger partial charge in [0.15, 0.2) is 0 Å². The summed E-state index contributed by atoms with van der Waals surface area (Å²) < 4.78 is 8.84. The summed E-state index contributed by atoms with van der Waals surface area (Å²) in [5.74, 6) is 0. The topological polar surface area (TPSA) is 30.1 Å². The minimum atomic E-state index is 0.861. The zero-order valence-corrected chi connectivity index (χ0v) is 26.6. The van der Waals surface area contributed by atoms with Gasteiger partial charge in [-0.3, -0.25) is 0 Å². The minimum Gasteiger partial charge on any atom is -0.456 e. The Bertz CT molecular complexity index is 2780. The molecule has 0 radical (unpaired) electrons. The lowest BCUT2D eigenvalue weighted by atomic mass is 9.91. The van der Waals surface area contributed by atoms with Gasteiger partial charge < -0.3 is 14.3 Å². The molecule has 2 aromatic heterocycles. The standard InChI is InChI=1S/C46H30N2O/c1-2-11-30(12-3-1)35-17-8-13-32-14-9-18-36(45(32)35)31-23-25-33(26-24-31)47-40-19-10-22-43-46(40)39-28-27-34(29-44(39)49-43)48-41-20-6-4-15-37(41)38-16-5-7-21-42(38)48/h1-29,47H. The van der Waals surface area contributed by atoms with Gasteiger partial charge in [-0.05, 0) is 81.6 Å². The molecule has 230 valence electrons. The summed E-state index contributed by atoms with van der Waals surface area (Å²) in [5, 5.41) is 10.9. The lowest BCUT2D eigenvalue weighted by molar-refractivity contribution is 0.668. The first-order chi connectivity index (χ1) is 24.3. The third-order valence-corrected chi connectivity index (χ3v) is 9.78. The van der Waals surface area contributed by atoms with Crippen molar-refractivity contribution in [1.29, 1.82) is 0 Å². The maximum atomic E-state index is 6.51. The summed E-state index contributed by atoms with van der Waals surface area (Å²) in [4.78, 5) is 0. The molecule has 3 heteroatoms. The van der Waals surface area contributed by atoms with Crippen LogP contribution >= 0.6 is 0 Å². The molecule has 3 nitrogen and oxygen atoms in total. The van der Waals surface area contributed by atoms with Crippen LogP contribution in [0.5, 0.6) is 0 Å². The molecule has 49 heavy (non-hydrogen) atoms. The monoisotopic (exact) mass is 626 g/mol. The lowest BCUT2D eigenvalue weighted by Gasteiger charge is -2.14. The van der Waals surface area contributed by atoms with E-state index >= 15 is 0 Å². The van der Waals surface area contributed by atoms with E-state index in [2.05, 4.69) is 186 Å². The molecule has 2 heterocycles. The number of nitrogens with one attached hydrogen (secondary N) is 1. The summed E-state index contributed by atoms with van der Waals surface area (Å²) in [7, 11) is 0. The SMILES string of the molecule is c1ccc(-c2cccc3cccc(-c4ccc(Nc5cccc6oc7cc(-n8c9ccccc9c9ccccc98)ccc7c56)cc4)c23)cc1. The van der Waals surface area contributed by atoms with Gasteiger partial charge in [-0.1, -0.05) is 121 Å². The lowest BCUT2D eigenvalue weighted by Crippen LogP contribution is -1.93. The van der Waals surface area contributed by atoms with Crippen LogP contribution in [0.25, 0.3) is 82.5 Å². The van der Waals surface area contributed by atoms with Crippen molar-refractivity contribution in [2.75, 3.05) is 5.32 Å². The zero-order chi connectivity index (χ0) is 32.3. The number of fused-ring (bicyclic) bond motifs is 7. The predicted molar refractivity (Wildman–Crippen MR) is 206 cm³/mol. The van der Waals surface area contributed by atoms with E-state index in [1.54, 1.807) is 0 Å². The van der Waals surface area contributed by atoms with Crippen molar-refractivity contribution in [3.63, 3.8) is 0 Å². The number of nitrogens with zero attached hydrogens (tertiary/aromatic N) is 1. The van der Waals surface area contributed by atoms with E-state index in [4.69, 9.17) is 4.42 Å². The van der Waals surface area contributed by atoms with E-state index in [-0.39, 0.29) is 0 Å². The molecule has 0 unspecified atom stereocenters. The van der Waals surface area contributed by atoms with Gasteiger partial charge in [0.2, 0.25) is 0 Å². The van der Waals surface area contributed by atoms with E-state index in [0.29, 0.717) is 0 Å². The molecule has 0 fully saturated rings. The fourth-order valence-corrected chi connectivity index (χ4v) is 7.59. The number of anilines is 2. The second-order valence-corrected chi connectivity index (χ2v) is 12.6. The summed E-state index contributed by atoms with van der Waals surface area (Å²) >= 11 is 0. The van der Waals surface area contributed by atoms with Crippen LogP contribution in [-0.2, 0) is 0 Å². The van der Waals surface area contributed by atoms with Gasteiger partial charge >= 0.3 is 0 Å². The highest BCUT2D eigenvalue weighted by molar-refractivity contribution is 6.13. The third kappa shape index (κ3) is 4.44. The average Bonchev–Trinajstić information content (AvgIpc) is 3.71. The summed E-state index contributed by atoms with van der Waals surface area (Å²) in [6.07, 6.45) is 0. The highest BCUT2D eigenvalue weighted by atomic mass is 16.3. The van der Waals surface area contributed by atoms with Crippen molar-refractivity contribution in [2.24, 2.45) is 0 Å². The van der Waals surface area contributed by atoms with Crippen LogP contribution in [0.3, 0.4) is 0 Å². The van der Waals surface area contributed by atoms with Gasteiger partial charge in [0, 0.05) is 33.6 Å². The van der Waals surface area contributed by atoms with E-state index in [0.717, 1.165) is 39.0 Å². The molecular formula is C46H30N2O. The van der Waals surface area contributed by atoms with Gasteiger partial charge in [0.25, 0.3) is 0 Å². The van der Waals surface area contributed by atoms with Crippen LogP contribution in [-0.4, -0.2) is 4.57 Å². The second-order valence-electron chi connectivity index (χ2n) is 12.6. The van der Waals surface area contributed by atoms with Gasteiger partial charge in [-0.15, -0.1) is 0 Å². The van der Waals surface area contributed by atoms with Crippen molar-refractivity contribution < 1.29 is 4.42 Å². The molecule has 8 aromatic carbocycles. The highest BCUT2D eigenvalue weighted by Crippen LogP contribution is 2.40. The number of hydrogen-bond acceptors (Lipinski definition) is 2. The second kappa shape index (κ2) is 11.0. The molecule has 0 bridgehead atoms. The van der Waals surface area contributed by atoms with Crippen molar-refractivity contribution in [3.8, 4) is 27.9 Å². The molecule has 10 rings (SSSR count). The number of hydrogen-bond donors (Lipinski definition) is 1. The number of rotatable bonds is 5. The Balaban J connectivity index is 1.03. The Labute approximate surface area is 283 Å². The molecule has 0 spiro atoms. The zero-order valence-electron chi connectivity index (χ0n) is 26.6. The first-order valence-electron chi connectivity index (χ1n) is 16.7. The Kier molecular flexibility index (Phi) is 6.18. The molecular weight excluding hydrogens is 597 g/mol. The first kappa shape index (κ1) is 27.5. The molecule has 0 saturated carbocycles. The predicted octanol–water partition coefficient (Wildman–Crippen LogP) is 12.9. The largest absolute Gasteiger partial charge is 0.456 e. The van der Waals surface area contributed by atoms with Crippen LogP contribution in [0.4, 0.5) is 11.4 Å². The number of furan rings is 1. The van der Waals surface area contributed by atoms with E-state index in [9.17, 15) is 0 Å². The third-order valence-electron chi connectivity index (χ3n) is 9.78. The molecule has 0 aliphatic carbocycles. The van der Waals surface area contributed by atoms with Crippen LogP contribution in [0.2, 0.25) is 0 Å². The molecule has 1 N–H and O–H groups in total. The molecule has 0 saturated heterocycles. The number of benzene rings is 8. The van der Waals surface area contributed by atoms with Crippen molar-refractivity contribution in [3.05, 3.63) is 176 Å². The quantitative estimate of drug-likeness (QED) is 0.206. The Morgan fingerprint density at radius 1 is 0.429 bits per heavy atom. The maximum absolute atomic E-state index is 6.51. The maximum Gasteiger partial charge on any atom is 0.137 e. The summed E-state index contributed by atoms with van der Waals surface area (Å²) in [6.45, 7) is 0. The average molecular weight is 627 g/mol. The fourth-order valence-electron chi connectivity index (χ4n) is 7.59. The van der Waals surface area contributed by atoms with E-state index < -0.39 is 0 Å². The van der Waals surface area contributed by atoms with Gasteiger partial charge in [-0.2, -0.15) is 0 Å². The minimum absolute atomic E-state index is 0.861.